The Morgan fingerprint density at radius 1 is 1.04 bits per heavy atom. The fraction of sp³-hybridized carbons (Fsp3) is 0.350. The number of methoxy groups -OCH3 is 1. The first-order valence-corrected chi connectivity index (χ1v) is 8.72. The highest BCUT2D eigenvalue weighted by molar-refractivity contribution is 6.32. The van der Waals surface area contributed by atoms with Crippen molar-refractivity contribution in [2.75, 3.05) is 20.3 Å². The van der Waals surface area contributed by atoms with E-state index in [0.717, 1.165) is 22.6 Å². The number of nitrogens with one attached hydrogen (secondary N) is 1. The molecule has 0 radical (unpaired) electrons. The number of aryl methyl sites for hydroxylation is 2. The largest absolute Gasteiger partial charge is 0.497 e. The molecule has 0 aromatic heterocycles. The van der Waals surface area contributed by atoms with Crippen LogP contribution in [0.25, 0.3) is 0 Å². The normalized spacial score (nSPS) is 11.6. The van der Waals surface area contributed by atoms with Gasteiger partial charge in [0.05, 0.1) is 13.2 Å². The van der Waals surface area contributed by atoms with Gasteiger partial charge in [-0.05, 0) is 68.3 Å². The number of carbonyl (C=O) groups is 1. The highest BCUT2D eigenvalue weighted by atomic mass is 35.5. The van der Waals surface area contributed by atoms with Crippen molar-refractivity contribution in [1.82, 2.24) is 5.32 Å². The maximum atomic E-state index is 12.0. The molecule has 2 aromatic carbocycles. The Kier molecular flexibility index (Phi) is 7.16. The van der Waals surface area contributed by atoms with E-state index in [1.165, 1.54) is 0 Å². The molecule has 0 spiro atoms. The minimum absolute atomic E-state index is 0.0621. The highest BCUT2D eigenvalue weighted by Crippen LogP contribution is 2.25. The molecular weight excluding hydrogens is 354 g/mol. The van der Waals surface area contributed by atoms with Crippen LogP contribution in [0.3, 0.4) is 0 Å². The molecule has 0 aliphatic rings. The van der Waals surface area contributed by atoms with Gasteiger partial charge in [-0.3, -0.25) is 4.79 Å². The SMILES string of the molecule is COc1ccc(OC[C@H](C)NC(=O)COc2cc(C)c(Cl)c(C)c2)cc1. The van der Waals surface area contributed by atoms with Crippen LogP contribution in [0.5, 0.6) is 17.2 Å². The van der Waals surface area contributed by atoms with Crippen molar-refractivity contribution < 1.29 is 19.0 Å². The Labute approximate surface area is 159 Å². The fourth-order valence-electron chi connectivity index (χ4n) is 2.39. The summed E-state index contributed by atoms with van der Waals surface area (Å²) in [5.74, 6) is 1.90. The number of ether oxygens (including phenoxy) is 3. The van der Waals surface area contributed by atoms with E-state index >= 15 is 0 Å². The first-order chi connectivity index (χ1) is 12.4. The lowest BCUT2D eigenvalue weighted by Gasteiger charge is -2.16. The van der Waals surface area contributed by atoms with E-state index in [0.29, 0.717) is 17.4 Å². The van der Waals surface area contributed by atoms with Gasteiger partial charge in [0, 0.05) is 5.02 Å². The lowest BCUT2D eigenvalue weighted by molar-refractivity contribution is -0.123. The number of rotatable bonds is 8. The molecular formula is C20H24ClNO4. The predicted octanol–water partition coefficient (Wildman–Crippen LogP) is 3.93. The minimum Gasteiger partial charge on any atom is -0.497 e. The van der Waals surface area contributed by atoms with Crippen molar-refractivity contribution in [3.05, 3.63) is 52.5 Å². The fourth-order valence-corrected chi connectivity index (χ4v) is 2.50. The van der Waals surface area contributed by atoms with E-state index in [9.17, 15) is 4.79 Å². The van der Waals surface area contributed by atoms with Gasteiger partial charge in [0.15, 0.2) is 6.61 Å². The van der Waals surface area contributed by atoms with Gasteiger partial charge in [-0.15, -0.1) is 0 Å². The maximum Gasteiger partial charge on any atom is 0.258 e. The van der Waals surface area contributed by atoms with Crippen LogP contribution in [0.2, 0.25) is 5.02 Å². The molecule has 1 atom stereocenters. The van der Waals surface area contributed by atoms with Crippen LogP contribution in [0, 0.1) is 13.8 Å². The third-order valence-electron chi connectivity index (χ3n) is 3.75. The standard InChI is InChI=1S/C20H24ClNO4/c1-13-9-18(10-14(2)20(13)21)26-12-19(23)22-15(3)11-25-17-7-5-16(24-4)6-8-17/h5-10,15H,11-12H2,1-4H3,(H,22,23)/t15-/m0/s1. The van der Waals surface area contributed by atoms with Gasteiger partial charge in [0.25, 0.3) is 5.91 Å². The van der Waals surface area contributed by atoms with Crippen molar-refractivity contribution in [2.45, 2.75) is 26.8 Å². The van der Waals surface area contributed by atoms with Crippen LogP contribution < -0.4 is 19.5 Å². The summed E-state index contributed by atoms with van der Waals surface area (Å²) in [4.78, 5) is 12.0. The molecule has 6 heteroatoms. The number of carbonyl (C=O) groups excluding carboxylic acids is 1. The van der Waals surface area contributed by atoms with Gasteiger partial charge in [-0.25, -0.2) is 0 Å². The summed E-state index contributed by atoms with van der Waals surface area (Å²) < 4.78 is 16.3. The zero-order valence-electron chi connectivity index (χ0n) is 15.5. The number of benzene rings is 2. The molecule has 5 nitrogen and oxygen atoms in total. The van der Waals surface area contributed by atoms with Crippen molar-refractivity contribution in [3.63, 3.8) is 0 Å². The van der Waals surface area contributed by atoms with Crippen LogP contribution >= 0.6 is 11.6 Å². The van der Waals surface area contributed by atoms with Gasteiger partial charge in [0.1, 0.15) is 23.9 Å². The quantitative estimate of drug-likeness (QED) is 0.757. The Bertz CT molecular complexity index is 723. The molecule has 140 valence electrons. The first kappa shape index (κ1) is 19.9. The Morgan fingerprint density at radius 3 is 2.19 bits per heavy atom. The average molecular weight is 378 g/mol. The average Bonchev–Trinajstić information content (AvgIpc) is 2.63. The zero-order valence-corrected chi connectivity index (χ0v) is 16.2. The van der Waals surface area contributed by atoms with Gasteiger partial charge in [0.2, 0.25) is 0 Å². The highest BCUT2D eigenvalue weighted by Gasteiger charge is 2.10. The summed E-state index contributed by atoms with van der Waals surface area (Å²) in [5.41, 5.74) is 1.84. The summed E-state index contributed by atoms with van der Waals surface area (Å²) in [7, 11) is 1.61. The van der Waals surface area contributed by atoms with Crippen molar-refractivity contribution in [1.29, 1.82) is 0 Å². The molecule has 0 saturated carbocycles. The van der Waals surface area contributed by atoms with E-state index in [4.69, 9.17) is 25.8 Å². The van der Waals surface area contributed by atoms with Crippen LogP contribution in [0.1, 0.15) is 18.1 Å². The Balaban J connectivity index is 1.76. The predicted molar refractivity (Wildman–Crippen MR) is 103 cm³/mol. The van der Waals surface area contributed by atoms with Crippen LogP contribution in [0.4, 0.5) is 0 Å². The number of amides is 1. The van der Waals surface area contributed by atoms with E-state index in [2.05, 4.69) is 5.32 Å². The Morgan fingerprint density at radius 2 is 1.62 bits per heavy atom. The van der Waals surface area contributed by atoms with E-state index in [1.54, 1.807) is 7.11 Å². The molecule has 26 heavy (non-hydrogen) atoms. The van der Waals surface area contributed by atoms with Crippen molar-refractivity contribution in [3.8, 4) is 17.2 Å². The van der Waals surface area contributed by atoms with Crippen LogP contribution in [-0.2, 0) is 4.79 Å². The molecule has 0 bridgehead atoms. The number of halogens is 1. The number of hydrogen-bond acceptors (Lipinski definition) is 4. The molecule has 1 N–H and O–H groups in total. The van der Waals surface area contributed by atoms with E-state index in [-0.39, 0.29) is 18.6 Å². The summed E-state index contributed by atoms with van der Waals surface area (Å²) in [5, 5.41) is 3.56. The van der Waals surface area contributed by atoms with Crippen LogP contribution in [-0.4, -0.2) is 32.3 Å². The molecule has 0 saturated heterocycles. The summed E-state index contributed by atoms with van der Waals surface area (Å²) in [6.45, 7) is 5.98. The molecule has 0 heterocycles. The Hall–Kier alpha value is -2.40. The monoisotopic (exact) mass is 377 g/mol. The van der Waals surface area contributed by atoms with Crippen molar-refractivity contribution >= 4 is 17.5 Å². The second-order valence-corrected chi connectivity index (χ2v) is 6.49. The second-order valence-electron chi connectivity index (χ2n) is 6.11. The smallest absolute Gasteiger partial charge is 0.258 e. The zero-order chi connectivity index (χ0) is 19.1. The summed E-state index contributed by atoms with van der Waals surface area (Å²) in [6, 6.07) is 10.8. The molecule has 0 unspecified atom stereocenters. The molecule has 0 fully saturated rings. The molecule has 2 aromatic rings. The maximum absolute atomic E-state index is 12.0. The first-order valence-electron chi connectivity index (χ1n) is 8.34. The van der Waals surface area contributed by atoms with Gasteiger partial charge >= 0.3 is 0 Å². The van der Waals surface area contributed by atoms with Crippen molar-refractivity contribution in [2.24, 2.45) is 0 Å². The van der Waals surface area contributed by atoms with Crippen LogP contribution in [0.15, 0.2) is 36.4 Å². The lowest BCUT2D eigenvalue weighted by atomic mass is 10.1. The molecule has 2 rings (SSSR count). The second kappa shape index (κ2) is 9.34. The van der Waals surface area contributed by atoms with Gasteiger partial charge in [-0.2, -0.15) is 0 Å². The van der Waals surface area contributed by atoms with Gasteiger partial charge < -0.3 is 19.5 Å². The molecule has 1 amide bonds. The summed E-state index contributed by atoms with van der Waals surface area (Å²) in [6.07, 6.45) is 0. The molecule has 0 aliphatic carbocycles. The van der Waals surface area contributed by atoms with Gasteiger partial charge in [-0.1, -0.05) is 11.6 Å². The third-order valence-corrected chi connectivity index (χ3v) is 4.34. The topological polar surface area (TPSA) is 56.8 Å². The summed E-state index contributed by atoms with van der Waals surface area (Å²) >= 11 is 6.13. The van der Waals surface area contributed by atoms with E-state index < -0.39 is 0 Å². The molecule has 0 aliphatic heterocycles. The third kappa shape index (κ3) is 5.85. The minimum atomic E-state index is -0.207. The lowest BCUT2D eigenvalue weighted by Crippen LogP contribution is -2.39. The van der Waals surface area contributed by atoms with E-state index in [1.807, 2.05) is 57.2 Å². The number of hydrogen-bond donors (Lipinski definition) is 1.